The third kappa shape index (κ3) is 3.63. The smallest absolute Gasteiger partial charge is 0.322 e. The average molecular weight is 316 g/mol. The Morgan fingerprint density at radius 1 is 1.52 bits per heavy atom. The molecular formula is C13H20N2O5S. The Hall–Kier alpha value is -1.38. The number of ether oxygens (including phenoxy) is 1. The zero-order chi connectivity index (χ0) is 15.6. The summed E-state index contributed by atoms with van der Waals surface area (Å²) in [6, 6.07) is 2.76. The van der Waals surface area contributed by atoms with Gasteiger partial charge in [0.1, 0.15) is 11.8 Å². The van der Waals surface area contributed by atoms with Crippen LogP contribution in [0.15, 0.2) is 21.6 Å². The minimum absolute atomic E-state index is 0.267. The Balaban J connectivity index is 2.15. The fourth-order valence-corrected chi connectivity index (χ4v) is 2.86. The molecule has 0 spiro atoms. The van der Waals surface area contributed by atoms with E-state index in [2.05, 4.69) is 0 Å². The monoisotopic (exact) mass is 316 g/mol. The summed E-state index contributed by atoms with van der Waals surface area (Å²) in [5, 5.41) is 4.75. The predicted molar refractivity (Wildman–Crippen MR) is 74.7 cm³/mol. The maximum atomic E-state index is 11.7. The molecule has 0 bridgehead atoms. The Morgan fingerprint density at radius 2 is 2.19 bits per heavy atom. The van der Waals surface area contributed by atoms with E-state index in [4.69, 9.17) is 14.3 Å². The van der Waals surface area contributed by atoms with Crippen molar-refractivity contribution in [3.05, 3.63) is 17.9 Å². The number of nitrogens with two attached hydrogens (primary N) is 1. The van der Waals surface area contributed by atoms with Gasteiger partial charge in [-0.2, -0.15) is 0 Å². The van der Waals surface area contributed by atoms with Crippen molar-refractivity contribution in [3.63, 3.8) is 0 Å². The first-order valence-corrected chi connectivity index (χ1v) is 8.32. The van der Waals surface area contributed by atoms with Gasteiger partial charge in [0, 0.05) is 6.04 Å². The molecule has 118 valence electrons. The van der Waals surface area contributed by atoms with E-state index in [9.17, 15) is 13.2 Å². The molecule has 0 unspecified atom stereocenters. The first kappa shape index (κ1) is 16.0. The Labute approximate surface area is 124 Å². The molecule has 1 aliphatic carbocycles. The molecule has 1 aromatic rings. The molecule has 0 radical (unpaired) electrons. The summed E-state index contributed by atoms with van der Waals surface area (Å²) in [5.74, 6) is 0.141. The molecule has 0 aromatic carbocycles. The second kappa shape index (κ2) is 6.17. The fraction of sp³-hybridized carbons (Fsp3) is 0.615. The predicted octanol–water partition coefficient (Wildman–Crippen LogP) is 0.843. The summed E-state index contributed by atoms with van der Waals surface area (Å²) >= 11 is 0. The highest BCUT2D eigenvalue weighted by Gasteiger charge is 2.33. The second-order valence-electron chi connectivity index (χ2n) is 5.22. The third-order valence-corrected chi connectivity index (χ3v) is 4.62. The van der Waals surface area contributed by atoms with Crippen molar-refractivity contribution >= 4 is 16.0 Å². The van der Waals surface area contributed by atoms with E-state index in [0.717, 1.165) is 19.3 Å². The standard InChI is InChI=1S/C13H20N2O5S/c1-9(13(16)19-2)15(10-4-3-5-10)8-11-6-7-12(20-11)21(14,17)18/h6-7,9-10H,3-5,8H2,1-2H3,(H2,14,17,18)/t9-/m1/s1. The molecule has 2 N–H and O–H groups in total. The van der Waals surface area contributed by atoms with Crippen LogP contribution in [0, 0.1) is 0 Å². The number of hydrogen-bond donors (Lipinski definition) is 1. The molecule has 1 atom stereocenters. The number of nitrogens with zero attached hydrogens (tertiary/aromatic N) is 1. The molecular weight excluding hydrogens is 296 g/mol. The lowest BCUT2D eigenvalue weighted by atomic mass is 9.90. The first-order valence-electron chi connectivity index (χ1n) is 6.78. The van der Waals surface area contributed by atoms with Gasteiger partial charge in [-0.25, -0.2) is 13.6 Å². The molecule has 21 heavy (non-hydrogen) atoms. The van der Waals surface area contributed by atoms with Crippen molar-refractivity contribution in [1.82, 2.24) is 4.90 Å². The average Bonchev–Trinajstić information content (AvgIpc) is 2.82. The van der Waals surface area contributed by atoms with Crippen LogP contribution < -0.4 is 5.14 Å². The van der Waals surface area contributed by atoms with Crippen molar-refractivity contribution in [2.75, 3.05) is 7.11 Å². The van der Waals surface area contributed by atoms with Gasteiger partial charge < -0.3 is 9.15 Å². The van der Waals surface area contributed by atoms with Gasteiger partial charge in [-0.05, 0) is 31.9 Å². The highest BCUT2D eigenvalue weighted by Crippen LogP contribution is 2.29. The van der Waals surface area contributed by atoms with E-state index < -0.39 is 16.1 Å². The van der Waals surface area contributed by atoms with Gasteiger partial charge in [0.2, 0.25) is 5.09 Å². The molecule has 0 amide bonds. The lowest BCUT2D eigenvalue weighted by Crippen LogP contribution is -2.48. The van der Waals surface area contributed by atoms with E-state index in [1.54, 1.807) is 13.0 Å². The minimum atomic E-state index is -3.85. The van der Waals surface area contributed by atoms with Crippen LogP contribution in [0.3, 0.4) is 0 Å². The van der Waals surface area contributed by atoms with Gasteiger partial charge in [0.25, 0.3) is 10.0 Å². The molecule has 1 heterocycles. The normalized spacial score (nSPS) is 17.5. The van der Waals surface area contributed by atoms with Gasteiger partial charge in [-0.15, -0.1) is 0 Å². The van der Waals surface area contributed by atoms with Crippen molar-refractivity contribution in [2.24, 2.45) is 5.14 Å². The molecule has 1 aliphatic rings. The van der Waals surface area contributed by atoms with Crippen LogP contribution in [0.25, 0.3) is 0 Å². The zero-order valence-electron chi connectivity index (χ0n) is 12.1. The van der Waals surface area contributed by atoms with E-state index in [-0.39, 0.29) is 17.1 Å². The van der Waals surface area contributed by atoms with Gasteiger partial charge in [0.15, 0.2) is 0 Å². The summed E-state index contributed by atoms with van der Waals surface area (Å²) in [6.45, 7) is 2.12. The highest BCUT2D eigenvalue weighted by atomic mass is 32.2. The van der Waals surface area contributed by atoms with E-state index in [0.29, 0.717) is 12.3 Å². The number of hydrogen-bond acceptors (Lipinski definition) is 6. The van der Waals surface area contributed by atoms with Crippen molar-refractivity contribution < 1.29 is 22.4 Å². The first-order chi connectivity index (χ1) is 9.82. The zero-order valence-corrected chi connectivity index (χ0v) is 12.9. The fourth-order valence-electron chi connectivity index (χ4n) is 2.38. The van der Waals surface area contributed by atoms with Crippen LogP contribution in [0.1, 0.15) is 31.9 Å². The van der Waals surface area contributed by atoms with E-state index in [1.807, 2.05) is 4.90 Å². The molecule has 1 fully saturated rings. The Morgan fingerprint density at radius 3 is 2.62 bits per heavy atom. The van der Waals surface area contributed by atoms with Crippen LogP contribution in [0.4, 0.5) is 0 Å². The van der Waals surface area contributed by atoms with Gasteiger partial charge in [0.05, 0.1) is 13.7 Å². The quantitative estimate of drug-likeness (QED) is 0.780. The van der Waals surface area contributed by atoms with Crippen LogP contribution in [-0.2, 0) is 26.1 Å². The largest absolute Gasteiger partial charge is 0.468 e. The summed E-state index contributed by atoms with van der Waals surface area (Å²) in [7, 11) is -2.50. The second-order valence-corrected chi connectivity index (χ2v) is 6.71. The van der Waals surface area contributed by atoms with Gasteiger partial charge in [-0.1, -0.05) is 6.42 Å². The van der Waals surface area contributed by atoms with Crippen molar-refractivity contribution in [1.29, 1.82) is 0 Å². The molecule has 0 saturated heterocycles. The number of esters is 1. The Bertz CT molecular complexity index is 606. The van der Waals surface area contributed by atoms with Crippen molar-refractivity contribution in [3.8, 4) is 0 Å². The Kier molecular flexibility index (Phi) is 4.70. The van der Waals surface area contributed by atoms with Gasteiger partial charge >= 0.3 is 5.97 Å². The maximum absolute atomic E-state index is 11.7. The molecule has 1 aromatic heterocycles. The van der Waals surface area contributed by atoms with E-state index >= 15 is 0 Å². The molecule has 0 aliphatic heterocycles. The number of carbonyl (C=O) groups is 1. The maximum Gasteiger partial charge on any atom is 0.322 e. The number of methoxy groups -OCH3 is 1. The highest BCUT2D eigenvalue weighted by molar-refractivity contribution is 7.89. The van der Waals surface area contributed by atoms with Crippen LogP contribution in [0.2, 0.25) is 0 Å². The number of sulfonamides is 1. The summed E-state index contributed by atoms with van der Waals surface area (Å²) < 4.78 is 32.5. The summed E-state index contributed by atoms with van der Waals surface area (Å²) in [6.07, 6.45) is 3.13. The number of furan rings is 1. The third-order valence-electron chi connectivity index (χ3n) is 3.84. The number of rotatable bonds is 6. The van der Waals surface area contributed by atoms with Crippen molar-refractivity contribution in [2.45, 2.75) is 49.9 Å². The topological polar surface area (TPSA) is 103 Å². The van der Waals surface area contributed by atoms with E-state index in [1.165, 1.54) is 13.2 Å². The minimum Gasteiger partial charge on any atom is -0.468 e. The molecule has 1 saturated carbocycles. The lowest BCUT2D eigenvalue weighted by molar-refractivity contribution is -0.148. The number of primary sulfonamides is 1. The molecule has 8 heteroatoms. The summed E-state index contributed by atoms with van der Waals surface area (Å²) in [4.78, 5) is 13.7. The summed E-state index contributed by atoms with van der Waals surface area (Å²) in [5.41, 5.74) is 0. The van der Waals surface area contributed by atoms with Crippen LogP contribution >= 0.6 is 0 Å². The SMILES string of the molecule is COC(=O)[C@@H](C)N(Cc1ccc(S(N)(=O)=O)o1)C1CCC1. The molecule has 7 nitrogen and oxygen atoms in total. The van der Waals surface area contributed by atoms with Crippen LogP contribution in [0.5, 0.6) is 0 Å². The lowest BCUT2D eigenvalue weighted by Gasteiger charge is -2.39. The van der Waals surface area contributed by atoms with Gasteiger partial charge in [-0.3, -0.25) is 9.69 Å². The number of carbonyl (C=O) groups excluding carboxylic acids is 1. The van der Waals surface area contributed by atoms with Crippen LogP contribution in [-0.4, -0.2) is 38.5 Å². The molecule has 2 rings (SSSR count).